The van der Waals surface area contributed by atoms with E-state index in [2.05, 4.69) is 12.6 Å². The summed E-state index contributed by atoms with van der Waals surface area (Å²) in [7, 11) is 1.27. The SMILES string of the molecule is COC(=O)c1c(N)c(C#N)cn1-c1ccc(S)cc1. The van der Waals surface area contributed by atoms with Gasteiger partial charge >= 0.3 is 5.97 Å². The molecule has 0 unspecified atom stereocenters. The maximum Gasteiger partial charge on any atom is 0.357 e. The van der Waals surface area contributed by atoms with E-state index >= 15 is 0 Å². The van der Waals surface area contributed by atoms with Crippen LogP contribution in [0.25, 0.3) is 5.69 Å². The van der Waals surface area contributed by atoms with E-state index in [1.165, 1.54) is 17.9 Å². The van der Waals surface area contributed by atoms with Crippen LogP contribution in [0.5, 0.6) is 0 Å². The predicted molar refractivity (Wildman–Crippen MR) is 73.5 cm³/mol. The largest absolute Gasteiger partial charge is 0.464 e. The summed E-state index contributed by atoms with van der Waals surface area (Å²) in [6.45, 7) is 0. The Kier molecular flexibility index (Phi) is 3.49. The number of thiol groups is 1. The number of rotatable bonds is 2. The molecule has 0 aliphatic carbocycles. The number of ether oxygens (including phenoxy) is 1. The minimum Gasteiger partial charge on any atom is -0.464 e. The summed E-state index contributed by atoms with van der Waals surface area (Å²) in [5, 5.41) is 8.99. The number of benzene rings is 1. The summed E-state index contributed by atoms with van der Waals surface area (Å²) in [5.41, 5.74) is 6.99. The fourth-order valence-corrected chi connectivity index (χ4v) is 1.88. The monoisotopic (exact) mass is 273 g/mol. The third-order valence-electron chi connectivity index (χ3n) is 2.67. The van der Waals surface area contributed by atoms with Gasteiger partial charge in [0.05, 0.1) is 18.4 Å². The molecule has 0 fully saturated rings. The van der Waals surface area contributed by atoms with E-state index in [0.29, 0.717) is 5.69 Å². The van der Waals surface area contributed by atoms with Crippen LogP contribution in [0.4, 0.5) is 5.69 Å². The van der Waals surface area contributed by atoms with Crippen molar-refractivity contribution in [1.82, 2.24) is 4.57 Å². The molecule has 0 aliphatic heterocycles. The summed E-state index contributed by atoms with van der Waals surface area (Å²) in [4.78, 5) is 12.6. The van der Waals surface area contributed by atoms with E-state index < -0.39 is 5.97 Å². The molecule has 2 aromatic rings. The minimum atomic E-state index is -0.589. The summed E-state index contributed by atoms with van der Waals surface area (Å²) in [5.74, 6) is -0.589. The van der Waals surface area contributed by atoms with Gasteiger partial charge in [-0.3, -0.25) is 0 Å². The van der Waals surface area contributed by atoms with Gasteiger partial charge in [0.15, 0.2) is 5.69 Å². The molecule has 0 amide bonds. The van der Waals surface area contributed by atoms with Crippen LogP contribution < -0.4 is 5.73 Å². The fourth-order valence-electron chi connectivity index (χ4n) is 1.73. The van der Waals surface area contributed by atoms with Gasteiger partial charge in [0.25, 0.3) is 0 Å². The molecule has 6 heteroatoms. The minimum absolute atomic E-state index is 0.115. The first kappa shape index (κ1) is 13.1. The molecule has 1 aromatic heterocycles. The molecule has 0 aliphatic rings. The third-order valence-corrected chi connectivity index (χ3v) is 2.97. The van der Waals surface area contributed by atoms with E-state index in [1.807, 2.05) is 6.07 Å². The molecule has 0 radical (unpaired) electrons. The van der Waals surface area contributed by atoms with Crippen molar-refractivity contribution in [2.75, 3.05) is 12.8 Å². The van der Waals surface area contributed by atoms with E-state index in [1.54, 1.807) is 24.3 Å². The molecule has 0 atom stereocenters. The van der Waals surface area contributed by atoms with E-state index in [-0.39, 0.29) is 16.9 Å². The van der Waals surface area contributed by atoms with Crippen LogP contribution in [0.3, 0.4) is 0 Å². The summed E-state index contributed by atoms with van der Waals surface area (Å²) < 4.78 is 6.23. The van der Waals surface area contributed by atoms with Gasteiger partial charge in [0, 0.05) is 16.8 Å². The van der Waals surface area contributed by atoms with Gasteiger partial charge < -0.3 is 15.0 Å². The molecule has 2 N–H and O–H groups in total. The van der Waals surface area contributed by atoms with Crippen LogP contribution in [-0.2, 0) is 4.74 Å². The molecule has 96 valence electrons. The van der Waals surface area contributed by atoms with Crippen molar-refractivity contribution in [2.24, 2.45) is 0 Å². The molecular formula is C13H11N3O2S. The van der Waals surface area contributed by atoms with Gasteiger partial charge in [-0.05, 0) is 24.3 Å². The van der Waals surface area contributed by atoms with Crippen molar-refractivity contribution in [1.29, 1.82) is 5.26 Å². The van der Waals surface area contributed by atoms with Gasteiger partial charge in [-0.2, -0.15) is 5.26 Å². The predicted octanol–water partition coefficient (Wildman–Crippen LogP) is 2.01. The molecule has 5 nitrogen and oxygen atoms in total. The van der Waals surface area contributed by atoms with Crippen LogP contribution in [0.1, 0.15) is 16.1 Å². The third kappa shape index (κ3) is 2.28. The van der Waals surface area contributed by atoms with Crippen LogP contribution in [0.15, 0.2) is 35.4 Å². The zero-order chi connectivity index (χ0) is 14.0. The number of anilines is 1. The summed E-state index contributed by atoms with van der Waals surface area (Å²) >= 11 is 4.19. The number of esters is 1. The normalized spacial score (nSPS) is 9.95. The van der Waals surface area contributed by atoms with Crippen molar-refractivity contribution in [3.63, 3.8) is 0 Å². The first-order valence-electron chi connectivity index (χ1n) is 5.37. The number of hydrogen-bond donors (Lipinski definition) is 2. The summed E-state index contributed by atoms with van der Waals surface area (Å²) in [6.07, 6.45) is 1.51. The highest BCUT2D eigenvalue weighted by Crippen LogP contribution is 2.25. The lowest BCUT2D eigenvalue weighted by Crippen LogP contribution is -2.11. The molecular weight excluding hydrogens is 262 g/mol. The summed E-state index contributed by atoms with van der Waals surface area (Å²) in [6, 6.07) is 9.05. The molecule has 0 spiro atoms. The van der Waals surface area contributed by atoms with E-state index in [0.717, 1.165) is 4.90 Å². The Hall–Kier alpha value is -2.39. The van der Waals surface area contributed by atoms with Gasteiger partial charge in [-0.1, -0.05) is 0 Å². The second-order valence-corrected chi connectivity index (χ2v) is 4.31. The second-order valence-electron chi connectivity index (χ2n) is 3.79. The highest BCUT2D eigenvalue weighted by Gasteiger charge is 2.21. The van der Waals surface area contributed by atoms with Crippen molar-refractivity contribution < 1.29 is 9.53 Å². The molecule has 2 rings (SSSR count). The lowest BCUT2D eigenvalue weighted by molar-refractivity contribution is 0.0593. The number of hydrogen-bond acceptors (Lipinski definition) is 5. The average Bonchev–Trinajstić information content (AvgIpc) is 2.75. The number of carbonyl (C=O) groups is 1. The van der Waals surface area contributed by atoms with Crippen LogP contribution >= 0.6 is 12.6 Å². The van der Waals surface area contributed by atoms with Crippen LogP contribution in [0, 0.1) is 11.3 Å². The molecule has 0 saturated heterocycles. The topological polar surface area (TPSA) is 81.0 Å². The van der Waals surface area contributed by atoms with Crippen molar-refractivity contribution in [3.8, 4) is 11.8 Å². The number of nitriles is 1. The Labute approximate surface area is 115 Å². The van der Waals surface area contributed by atoms with Crippen LogP contribution in [-0.4, -0.2) is 17.6 Å². The fraction of sp³-hybridized carbons (Fsp3) is 0.0769. The van der Waals surface area contributed by atoms with Gasteiger partial charge in [0.1, 0.15) is 6.07 Å². The number of nitrogens with zero attached hydrogens (tertiary/aromatic N) is 2. The molecule has 1 heterocycles. The maximum atomic E-state index is 11.8. The number of carbonyl (C=O) groups excluding carboxylic acids is 1. The number of nitrogens with two attached hydrogens (primary N) is 1. The zero-order valence-corrected chi connectivity index (χ0v) is 11.0. The highest BCUT2D eigenvalue weighted by molar-refractivity contribution is 7.80. The quantitative estimate of drug-likeness (QED) is 0.648. The first-order valence-corrected chi connectivity index (χ1v) is 5.82. The van der Waals surface area contributed by atoms with Gasteiger partial charge in [-0.25, -0.2) is 4.79 Å². The number of aromatic nitrogens is 1. The molecule has 0 bridgehead atoms. The van der Waals surface area contributed by atoms with Crippen LogP contribution in [0.2, 0.25) is 0 Å². The van der Waals surface area contributed by atoms with Gasteiger partial charge in [-0.15, -0.1) is 12.6 Å². The lowest BCUT2D eigenvalue weighted by atomic mass is 10.2. The Balaban J connectivity index is 2.66. The van der Waals surface area contributed by atoms with Crippen molar-refractivity contribution >= 4 is 24.3 Å². The lowest BCUT2D eigenvalue weighted by Gasteiger charge is -2.08. The standard InChI is InChI=1S/C13H11N3O2S/c1-18-13(17)12-11(15)8(6-14)7-16(12)9-2-4-10(19)5-3-9/h2-5,7,19H,15H2,1H3. The molecule has 1 aromatic carbocycles. The highest BCUT2D eigenvalue weighted by atomic mass is 32.1. The zero-order valence-electron chi connectivity index (χ0n) is 10.1. The van der Waals surface area contributed by atoms with E-state index in [4.69, 9.17) is 15.7 Å². The smallest absolute Gasteiger partial charge is 0.357 e. The van der Waals surface area contributed by atoms with Crippen molar-refractivity contribution in [2.45, 2.75) is 4.90 Å². The Bertz CT molecular complexity index is 668. The Morgan fingerprint density at radius 1 is 1.42 bits per heavy atom. The number of nitrogen functional groups attached to an aromatic ring is 1. The second kappa shape index (κ2) is 5.08. The number of methoxy groups -OCH3 is 1. The Morgan fingerprint density at radius 2 is 2.05 bits per heavy atom. The van der Waals surface area contributed by atoms with Crippen molar-refractivity contribution in [3.05, 3.63) is 41.7 Å². The molecule has 19 heavy (non-hydrogen) atoms. The average molecular weight is 273 g/mol. The maximum absolute atomic E-state index is 11.8. The molecule has 0 saturated carbocycles. The van der Waals surface area contributed by atoms with Gasteiger partial charge in [0.2, 0.25) is 0 Å². The first-order chi connectivity index (χ1) is 9.08. The van der Waals surface area contributed by atoms with E-state index in [9.17, 15) is 4.79 Å². The Morgan fingerprint density at radius 3 is 2.58 bits per heavy atom.